The second kappa shape index (κ2) is 16.4. The van der Waals surface area contributed by atoms with Crippen LogP contribution in [-0.2, 0) is 32.6 Å². The van der Waals surface area contributed by atoms with Gasteiger partial charge in [-0.15, -0.1) is 0 Å². The molecule has 1 N–H and O–H groups in total. The zero-order valence-electron chi connectivity index (χ0n) is 26.6. The maximum absolute atomic E-state index is 14.5. The minimum Gasteiger partial charge on any atom is -0.494 e. The SMILES string of the molecule is CCOc1ccc(N(CC(=O)N(Cc2ccc(F)cc2)[C@@H](Cc2ccccc2)C(=O)N[C@@H](C)CC)S(=O)(=O)c2ccc(Cl)cc2)cc1. The molecular formula is C36H39ClFN3O5S. The third kappa shape index (κ3) is 9.56. The summed E-state index contributed by atoms with van der Waals surface area (Å²) in [5.74, 6) is -0.917. The molecule has 0 spiro atoms. The summed E-state index contributed by atoms with van der Waals surface area (Å²) in [5, 5.41) is 3.35. The molecule has 0 unspecified atom stereocenters. The number of rotatable bonds is 15. The van der Waals surface area contributed by atoms with Gasteiger partial charge in [-0.2, -0.15) is 0 Å². The Morgan fingerprint density at radius 3 is 2.11 bits per heavy atom. The van der Waals surface area contributed by atoms with Crippen LogP contribution in [0.3, 0.4) is 0 Å². The molecule has 0 aromatic heterocycles. The highest BCUT2D eigenvalue weighted by Gasteiger charge is 2.35. The third-order valence-electron chi connectivity index (χ3n) is 7.65. The van der Waals surface area contributed by atoms with Crippen LogP contribution in [0.2, 0.25) is 5.02 Å². The number of benzene rings is 4. The Morgan fingerprint density at radius 2 is 1.51 bits per heavy atom. The van der Waals surface area contributed by atoms with Gasteiger partial charge in [-0.3, -0.25) is 13.9 Å². The van der Waals surface area contributed by atoms with Gasteiger partial charge < -0.3 is 15.0 Å². The summed E-state index contributed by atoms with van der Waals surface area (Å²) < 4.78 is 48.7. The first-order chi connectivity index (χ1) is 22.5. The Morgan fingerprint density at radius 1 is 0.872 bits per heavy atom. The Labute approximate surface area is 281 Å². The van der Waals surface area contributed by atoms with E-state index in [0.29, 0.717) is 29.4 Å². The number of ether oxygens (including phenoxy) is 1. The minimum absolute atomic E-state index is 0.0657. The molecule has 2 atom stereocenters. The van der Waals surface area contributed by atoms with Crippen molar-refractivity contribution in [2.45, 2.75) is 57.1 Å². The first kappa shape index (κ1) is 35.4. The van der Waals surface area contributed by atoms with Gasteiger partial charge in [-0.05, 0) is 92.1 Å². The Balaban J connectivity index is 1.80. The number of sulfonamides is 1. The van der Waals surface area contributed by atoms with E-state index < -0.39 is 34.3 Å². The van der Waals surface area contributed by atoms with Crippen LogP contribution >= 0.6 is 11.6 Å². The van der Waals surface area contributed by atoms with E-state index in [1.165, 1.54) is 53.4 Å². The molecule has 0 saturated heterocycles. The van der Waals surface area contributed by atoms with E-state index in [0.717, 1.165) is 9.87 Å². The van der Waals surface area contributed by atoms with Crippen molar-refractivity contribution in [3.63, 3.8) is 0 Å². The quantitative estimate of drug-likeness (QED) is 0.152. The van der Waals surface area contributed by atoms with E-state index in [4.69, 9.17) is 16.3 Å². The van der Waals surface area contributed by atoms with Crippen molar-refractivity contribution in [1.29, 1.82) is 0 Å². The van der Waals surface area contributed by atoms with Gasteiger partial charge in [0.1, 0.15) is 24.2 Å². The fourth-order valence-corrected chi connectivity index (χ4v) is 6.46. The lowest BCUT2D eigenvalue weighted by Crippen LogP contribution is -2.54. The Bertz CT molecular complexity index is 1720. The second-order valence-electron chi connectivity index (χ2n) is 11.1. The first-order valence-electron chi connectivity index (χ1n) is 15.4. The van der Waals surface area contributed by atoms with Gasteiger partial charge >= 0.3 is 0 Å². The molecule has 248 valence electrons. The summed E-state index contributed by atoms with van der Waals surface area (Å²) in [5.41, 5.74) is 1.61. The molecule has 0 aliphatic heterocycles. The highest BCUT2D eigenvalue weighted by atomic mass is 35.5. The summed E-state index contributed by atoms with van der Waals surface area (Å²) in [6.07, 6.45) is 0.837. The smallest absolute Gasteiger partial charge is 0.264 e. The fourth-order valence-electron chi connectivity index (χ4n) is 4.92. The molecule has 8 nitrogen and oxygen atoms in total. The van der Waals surface area contributed by atoms with Crippen LogP contribution in [0.4, 0.5) is 10.1 Å². The van der Waals surface area contributed by atoms with Gasteiger partial charge in [0.25, 0.3) is 10.0 Å². The number of hydrogen-bond donors (Lipinski definition) is 1. The molecule has 4 aromatic carbocycles. The number of hydrogen-bond acceptors (Lipinski definition) is 5. The monoisotopic (exact) mass is 679 g/mol. The van der Waals surface area contributed by atoms with E-state index in [1.807, 2.05) is 51.1 Å². The topological polar surface area (TPSA) is 96.0 Å². The van der Waals surface area contributed by atoms with Crippen molar-refractivity contribution < 1.29 is 27.1 Å². The lowest BCUT2D eigenvalue weighted by molar-refractivity contribution is -0.140. The van der Waals surface area contributed by atoms with Crippen molar-refractivity contribution in [2.75, 3.05) is 17.5 Å². The molecule has 0 aliphatic rings. The van der Waals surface area contributed by atoms with Crippen molar-refractivity contribution in [2.24, 2.45) is 0 Å². The highest BCUT2D eigenvalue weighted by Crippen LogP contribution is 2.28. The van der Waals surface area contributed by atoms with E-state index in [-0.39, 0.29) is 35.5 Å². The summed E-state index contributed by atoms with van der Waals surface area (Å²) in [7, 11) is -4.29. The second-order valence-corrected chi connectivity index (χ2v) is 13.4. The molecule has 0 bridgehead atoms. The molecule has 11 heteroatoms. The first-order valence-corrected chi connectivity index (χ1v) is 17.2. The van der Waals surface area contributed by atoms with Gasteiger partial charge in [-0.1, -0.05) is 61.0 Å². The summed E-state index contributed by atoms with van der Waals surface area (Å²) >= 11 is 6.05. The number of anilines is 1. The van der Waals surface area contributed by atoms with Crippen molar-refractivity contribution in [1.82, 2.24) is 10.2 Å². The lowest BCUT2D eigenvalue weighted by atomic mass is 10.0. The largest absolute Gasteiger partial charge is 0.494 e. The van der Waals surface area contributed by atoms with E-state index in [2.05, 4.69) is 5.32 Å². The predicted octanol–water partition coefficient (Wildman–Crippen LogP) is 6.63. The maximum atomic E-state index is 14.5. The van der Waals surface area contributed by atoms with Gasteiger partial charge in [0.05, 0.1) is 17.2 Å². The van der Waals surface area contributed by atoms with Crippen LogP contribution < -0.4 is 14.4 Å². The van der Waals surface area contributed by atoms with E-state index in [9.17, 15) is 22.4 Å². The standard InChI is InChI=1S/C36H39ClFN3O5S/c1-4-26(3)39-36(43)34(23-27-9-7-6-8-10-27)40(24-28-11-15-30(38)16-12-28)35(42)25-41(31-17-19-32(20-18-31)46-5-2)47(44,45)33-21-13-29(37)14-22-33/h6-22,26,34H,4-5,23-25H2,1-3H3,(H,39,43)/t26-,34-/m0/s1. The normalized spacial score (nSPS) is 12.5. The molecule has 4 rings (SSSR count). The van der Waals surface area contributed by atoms with Crippen LogP contribution in [0.5, 0.6) is 5.75 Å². The number of amides is 2. The van der Waals surface area contributed by atoms with Crippen molar-refractivity contribution in [3.05, 3.63) is 125 Å². The third-order valence-corrected chi connectivity index (χ3v) is 9.69. The van der Waals surface area contributed by atoms with Gasteiger partial charge in [0.15, 0.2) is 0 Å². The number of carbonyl (C=O) groups is 2. The molecular weight excluding hydrogens is 641 g/mol. The molecule has 0 radical (unpaired) electrons. The van der Waals surface area contributed by atoms with Crippen LogP contribution in [0.15, 0.2) is 108 Å². The molecule has 0 saturated carbocycles. The van der Waals surface area contributed by atoms with Crippen LogP contribution in [-0.4, -0.2) is 50.4 Å². The summed E-state index contributed by atoms with van der Waals surface area (Å²) in [4.78, 5) is 29.7. The average molecular weight is 680 g/mol. The Kier molecular flexibility index (Phi) is 12.4. The molecule has 0 heterocycles. The van der Waals surface area contributed by atoms with Crippen LogP contribution in [0.25, 0.3) is 0 Å². The molecule has 0 aliphatic carbocycles. The van der Waals surface area contributed by atoms with E-state index in [1.54, 1.807) is 24.3 Å². The van der Waals surface area contributed by atoms with E-state index >= 15 is 0 Å². The zero-order valence-corrected chi connectivity index (χ0v) is 28.2. The number of nitrogens with zero attached hydrogens (tertiary/aromatic N) is 2. The minimum atomic E-state index is -4.29. The molecule has 4 aromatic rings. The zero-order chi connectivity index (χ0) is 34.0. The van der Waals surface area contributed by atoms with Gasteiger partial charge in [0, 0.05) is 24.0 Å². The predicted molar refractivity (Wildman–Crippen MR) is 182 cm³/mol. The number of nitrogens with one attached hydrogen (secondary N) is 1. The van der Waals surface area contributed by atoms with Crippen molar-refractivity contribution >= 4 is 39.1 Å². The Hall–Kier alpha value is -4.41. The van der Waals surface area contributed by atoms with Crippen LogP contribution in [0, 0.1) is 5.82 Å². The summed E-state index contributed by atoms with van der Waals surface area (Å²) in [6.45, 7) is 5.38. The van der Waals surface area contributed by atoms with Crippen LogP contribution in [0.1, 0.15) is 38.3 Å². The number of halogens is 2. The molecule has 2 amide bonds. The van der Waals surface area contributed by atoms with Gasteiger partial charge in [-0.25, -0.2) is 12.8 Å². The van der Waals surface area contributed by atoms with Crippen molar-refractivity contribution in [3.8, 4) is 5.75 Å². The maximum Gasteiger partial charge on any atom is 0.264 e. The molecule has 47 heavy (non-hydrogen) atoms. The number of carbonyl (C=O) groups excluding carboxylic acids is 2. The average Bonchev–Trinajstić information content (AvgIpc) is 3.07. The van der Waals surface area contributed by atoms with Gasteiger partial charge in [0.2, 0.25) is 11.8 Å². The highest BCUT2D eigenvalue weighted by molar-refractivity contribution is 7.92. The lowest BCUT2D eigenvalue weighted by Gasteiger charge is -2.34. The fraction of sp³-hybridized carbons (Fsp3) is 0.278. The molecule has 0 fully saturated rings. The summed E-state index contributed by atoms with van der Waals surface area (Å²) in [6, 6.07) is 25.8.